The van der Waals surface area contributed by atoms with Gasteiger partial charge >= 0.3 is 0 Å². The van der Waals surface area contributed by atoms with Crippen LogP contribution in [0.15, 0.2) is 41.1 Å². The molecule has 0 amide bonds. The summed E-state index contributed by atoms with van der Waals surface area (Å²) >= 11 is 0. The second-order valence-corrected chi connectivity index (χ2v) is 7.10. The summed E-state index contributed by atoms with van der Waals surface area (Å²) in [6.45, 7) is 6.02. The first-order chi connectivity index (χ1) is 12.3. The van der Waals surface area contributed by atoms with Gasteiger partial charge in [-0.1, -0.05) is 6.07 Å². The molecule has 3 atom stereocenters. The van der Waals surface area contributed by atoms with Crippen LogP contribution in [0.4, 0.5) is 0 Å². The van der Waals surface area contributed by atoms with Gasteiger partial charge in [-0.2, -0.15) is 0 Å². The van der Waals surface area contributed by atoms with Crippen molar-refractivity contribution >= 4 is 0 Å². The lowest BCUT2D eigenvalue weighted by atomic mass is 10.0. The van der Waals surface area contributed by atoms with E-state index in [0.717, 1.165) is 49.8 Å². The van der Waals surface area contributed by atoms with Gasteiger partial charge in [-0.15, -0.1) is 0 Å². The molecule has 2 aliphatic rings. The second kappa shape index (κ2) is 7.68. The van der Waals surface area contributed by atoms with Crippen LogP contribution in [-0.2, 0) is 22.6 Å². The molecule has 2 aromatic heterocycles. The van der Waals surface area contributed by atoms with E-state index in [2.05, 4.69) is 22.0 Å². The van der Waals surface area contributed by atoms with E-state index in [9.17, 15) is 0 Å². The van der Waals surface area contributed by atoms with Crippen molar-refractivity contribution in [2.75, 3.05) is 19.8 Å². The quantitative estimate of drug-likeness (QED) is 0.807. The van der Waals surface area contributed by atoms with Gasteiger partial charge in [-0.3, -0.25) is 9.88 Å². The zero-order chi connectivity index (χ0) is 17.1. The number of rotatable bonds is 6. The standard InChI is InChI=1S/C20H26N2O3/c1-15-4-6-18(25-15)12-22-9-10-24-20-17(5-7-19(20)22)14-23-13-16-3-2-8-21-11-16/h2-4,6,8,11,17,19-20H,5,7,9-10,12-14H2,1H3. The number of aromatic nitrogens is 1. The summed E-state index contributed by atoms with van der Waals surface area (Å²) in [5, 5.41) is 0. The summed E-state index contributed by atoms with van der Waals surface area (Å²) in [5.41, 5.74) is 1.12. The van der Waals surface area contributed by atoms with Crippen LogP contribution in [0.3, 0.4) is 0 Å². The van der Waals surface area contributed by atoms with E-state index in [-0.39, 0.29) is 6.10 Å². The first-order valence-corrected chi connectivity index (χ1v) is 9.17. The maximum Gasteiger partial charge on any atom is 0.118 e. The Kier molecular flexibility index (Phi) is 5.15. The maximum absolute atomic E-state index is 6.13. The molecule has 0 aromatic carbocycles. The fourth-order valence-electron chi connectivity index (χ4n) is 4.09. The summed E-state index contributed by atoms with van der Waals surface area (Å²) in [5.74, 6) is 2.50. The number of hydrogen-bond acceptors (Lipinski definition) is 5. The van der Waals surface area contributed by atoms with Gasteiger partial charge in [-0.25, -0.2) is 0 Å². The maximum atomic E-state index is 6.13. The molecule has 2 aromatic rings. The molecule has 1 saturated carbocycles. The lowest BCUT2D eigenvalue weighted by Crippen LogP contribution is -2.50. The van der Waals surface area contributed by atoms with Crippen LogP contribution >= 0.6 is 0 Å². The van der Waals surface area contributed by atoms with Crippen LogP contribution in [0, 0.1) is 12.8 Å². The van der Waals surface area contributed by atoms with Gasteiger partial charge in [0.25, 0.3) is 0 Å². The molecular formula is C20H26N2O3. The highest BCUT2D eigenvalue weighted by molar-refractivity contribution is 5.08. The molecule has 1 saturated heterocycles. The molecule has 134 valence electrons. The fraction of sp³-hybridized carbons (Fsp3) is 0.550. The monoisotopic (exact) mass is 342 g/mol. The Morgan fingerprint density at radius 3 is 3.04 bits per heavy atom. The van der Waals surface area contributed by atoms with E-state index < -0.39 is 0 Å². The number of furan rings is 1. The minimum Gasteiger partial charge on any atom is -0.465 e. The average molecular weight is 342 g/mol. The molecule has 1 aliphatic heterocycles. The molecule has 2 fully saturated rings. The minimum atomic E-state index is 0.277. The number of morpholine rings is 1. The summed E-state index contributed by atoms with van der Waals surface area (Å²) < 4.78 is 17.8. The normalized spacial score (nSPS) is 26.7. The van der Waals surface area contributed by atoms with Crippen molar-refractivity contribution in [1.29, 1.82) is 0 Å². The van der Waals surface area contributed by atoms with Crippen molar-refractivity contribution in [3.8, 4) is 0 Å². The molecule has 5 heteroatoms. The van der Waals surface area contributed by atoms with Gasteiger partial charge in [0.15, 0.2) is 0 Å². The molecule has 0 N–H and O–H groups in total. The third-order valence-electron chi connectivity index (χ3n) is 5.31. The van der Waals surface area contributed by atoms with Crippen molar-refractivity contribution in [3.63, 3.8) is 0 Å². The Morgan fingerprint density at radius 1 is 1.28 bits per heavy atom. The fourth-order valence-corrected chi connectivity index (χ4v) is 4.09. The van der Waals surface area contributed by atoms with Gasteiger partial charge in [0.1, 0.15) is 11.5 Å². The first-order valence-electron chi connectivity index (χ1n) is 9.17. The summed E-state index contributed by atoms with van der Waals surface area (Å²) in [4.78, 5) is 6.65. The van der Waals surface area contributed by atoms with Crippen LogP contribution in [0.2, 0.25) is 0 Å². The van der Waals surface area contributed by atoms with Gasteiger partial charge < -0.3 is 13.9 Å². The van der Waals surface area contributed by atoms with E-state index in [0.29, 0.717) is 18.6 Å². The number of aryl methyl sites for hydroxylation is 1. The molecule has 3 unspecified atom stereocenters. The van der Waals surface area contributed by atoms with E-state index in [4.69, 9.17) is 13.9 Å². The second-order valence-electron chi connectivity index (χ2n) is 7.10. The highest BCUT2D eigenvalue weighted by Crippen LogP contribution is 2.35. The number of hydrogen-bond donors (Lipinski definition) is 0. The Bertz CT molecular complexity index is 673. The molecule has 1 aliphatic carbocycles. The van der Waals surface area contributed by atoms with E-state index >= 15 is 0 Å². The highest BCUT2D eigenvalue weighted by atomic mass is 16.5. The van der Waals surface area contributed by atoms with Crippen LogP contribution in [0.25, 0.3) is 0 Å². The van der Waals surface area contributed by atoms with Crippen molar-refractivity contribution < 1.29 is 13.9 Å². The Labute approximate surface area is 148 Å². The third kappa shape index (κ3) is 3.94. The van der Waals surface area contributed by atoms with Crippen LogP contribution in [0.5, 0.6) is 0 Å². The summed E-state index contributed by atoms with van der Waals surface area (Å²) in [6, 6.07) is 8.60. The molecule has 0 spiro atoms. The van der Waals surface area contributed by atoms with Gasteiger partial charge in [-0.05, 0) is 43.5 Å². The molecule has 3 heterocycles. The van der Waals surface area contributed by atoms with Gasteiger partial charge in [0, 0.05) is 30.9 Å². The van der Waals surface area contributed by atoms with Crippen LogP contribution in [-0.4, -0.2) is 41.8 Å². The lowest BCUT2D eigenvalue weighted by molar-refractivity contribution is -0.0904. The summed E-state index contributed by atoms with van der Waals surface area (Å²) in [6.07, 6.45) is 6.26. The van der Waals surface area contributed by atoms with Crippen LogP contribution in [0.1, 0.15) is 29.9 Å². The lowest BCUT2D eigenvalue weighted by Gasteiger charge is -2.38. The van der Waals surface area contributed by atoms with Crippen molar-refractivity contribution in [2.45, 2.75) is 45.1 Å². The van der Waals surface area contributed by atoms with Gasteiger partial charge in [0.05, 0.1) is 32.5 Å². The molecule has 0 radical (unpaired) electrons. The van der Waals surface area contributed by atoms with Crippen molar-refractivity contribution in [3.05, 3.63) is 53.7 Å². The smallest absolute Gasteiger partial charge is 0.118 e. The molecule has 4 rings (SSSR count). The van der Waals surface area contributed by atoms with E-state index in [1.165, 1.54) is 6.42 Å². The molecule has 5 nitrogen and oxygen atoms in total. The number of fused-ring (bicyclic) bond motifs is 1. The zero-order valence-electron chi connectivity index (χ0n) is 14.8. The largest absolute Gasteiger partial charge is 0.465 e. The van der Waals surface area contributed by atoms with E-state index in [1.54, 1.807) is 6.20 Å². The van der Waals surface area contributed by atoms with Crippen molar-refractivity contribution in [2.24, 2.45) is 5.92 Å². The predicted octanol–water partition coefficient (Wildman–Crippen LogP) is 3.18. The zero-order valence-corrected chi connectivity index (χ0v) is 14.8. The number of pyridine rings is 1. The number of ether oxygens (including phenoxy) is 2. The first kappa shape index (κ1) is 16.8. The highest BCUT2D eigenvalue weighted by Gasteiger charge is 2.42. The molecule has 0 bridgehead atoms. The third-order valence-corrected chi connectivity index (χ3v) is 5.31. The Balaban J connectivity index is 1.31. The summed E-state index contributed by atoms with van der Waals surface area (Å²) in [7, 11) is 0. The predicted molar refractivity (Wildman–Crippen MR) is 94.0 cm³/mol. The topological polar surface area (TPSA) is 47.7 Å². The Morgan fingerprint density at radius 2 is 2.24 bits per heavy atom. The number of nitrogens with zero attached hydrogens (tertiary/aromatic N) is 2. The van der Waals surface area contributed by atoms with Crippen LogP contribution < -0.4 is 0 Å². The molecule has 25 heavy (non-hydrogen) atoms. The van der Waals surface area contributed by atoms with E-state index in [1.807, 2.05) is 25.3 Å². The van der Waals surface area contributed by atoms with Crippen molar-refractivity contribution in [1.82, 2.24) is 9.88 Å². The SMILES string of the molecule is Cc1ccc(CN2CCOC3C(COCc4cccnc4)CCC32)o1. The Hall–Kier alpha value is -1.69. The average Bonchev–Trinajstić information content (AvgIpc) is 3.23. The minimum absolute atomic E-state index is 0.277. The molecular weight excluding hydrogens is 316 g/mol. The van der Waals surface area contributed by atoms with Gasteiger partial charge in [0.2, 0.25) is 0 Å².